The highest BCUT2D eigenvalue weighted by molar-refractivity contribution is 5.49. The van der Waals surface area contributed by atoms with Crippen molar-refractivity contribution in [2.45, 2.75) is 25.7 Å². The fourth-order valence-electron chi connectivity index (χ4n) is 2.46. The fourth-order valence-corrected chi connectivity index (χ4v) is 2.46. The Hall–Kier alpha value is -1.20. The molecular formula is C13H22N4O. The lowest BCUT2D eigenvalue weighted by Crippen LogP contribution is -2.34. The molecule has 0 aliphatic heterocycles. The van der Waals surface area contributed by atoms with E-state index in [9.17, 15) is 0 Å². The molecule has 0 bridgehead atoms. The van der Waals surface area contributed by atoms with Gasteiger partial charge in [0.15, 0.2) is 0 Å². The number of hydrogen-bond acceptors (Lipinski definition) is 5. The quantitative estimate of drug-likeness (QED) is 0.808. The minimum Gasteiger partial charge on any atom is -0.383 e. The molecule has 5 nitrogen and oxygen atoms in total. The number of nitrogens with zero attached hydrogens (tertiary/aromatic N) is 3. The van der Waals surface area contributed by atoms with Crippen molar-refractivity contribution in [2.75, 3.05) is 38.3 Å². The van der Waals surface area contributed by atoms with Gasteiger partial charge in [0, 0.05) is 38.0 Å². The average Bonchev–Trinajstić information content (AvgIpc) is 2.43. The first kappa shape index (κ1) is 13.2. The molecule has 1 aromatic rings. The molecule has 1 aliphatic rings. The van der Waals surface area contributed by atoms with Gasteiger partial charge in [-0.3, -0.25) is 0 Å². The number of nitrogens with two attached hydrogens (primary N) is 1. The van der Waals surface area contributed by atoms with Gasteiger partial charge in [-0.25, -0.2) is 9.97 Å². The van der Waals surface area contributed by atoms with Crippen LogP contribution in [0.2, 0.25) is 0 Å². The Bertz CT molecular complexity index is 383. The third kappa shape index (κ3) is 2.97. The second-order valence-corrected chi connectivity index (χ2v) is 4.60. The van der Waals surface area contributed by atoms with Crippen molar-refractivity contribution in [1.29, 1.82) is 0 Å². The summed E-state index contributed by atoms with van der Waals surface area (Å²) in [4.78, 5) is 11.1. The van der Waals surface area contributed by atoms with Crippen LogP contribution in [0.3, 0.4) is 0 Å². The molecule has 18 heavy (non-hydrogen) atoms. The summed E-state index contributed by atoms with van der Waals surface area (Å²) < 4.78 is 5.16. The van der Waals surface area contributed by atoms with E-state index >= 15 is 0 Å². The van der Waals surface area contributed by atoms with Gasteiger partial charge in [-0.05, 0) is 25.7 Å². The van der Waals surface area contributed by atoms with Gasteiger partial charge >= 0.3 is 0 Å². The van der Waals surface area contributed by atoms with Crippen LogP contribution in [0.4, 0.5) is 5.82 Å². The number of hydrogen-bond donors (Lipinski definition) is 1. The Morgan fingerprint density at radius 2 is 2.11 bits per heavy atom. The molecular weight excluding hydrogens is 228 g/mol. The number of aromatic nitrogens is 2. The van der Waals surface area contributed by atoms with Crippen LogP contribution in [-0.2, 0) is 17.6 Å². The van der Waals surface area contributed by atoms with Crippen LogP contribution in [0.15, 0.2) is 6.33 Å². The number of rotatable bonds is 6. The van der Waals surface area contributed by atoms with Crippen molar-refractivity contribution >= 4 is 5.82 Å². The lowest BCUT2D eigenvalue weighted by molar-refractivity contribution is 0.205. The molecule has 0 unspecified atom stereocenters. The maximum atomic E-state index is 5.69. The van der Waals surface area contributed by atoms with Crippen molar-refractivity contribution in [2.24, 2.45) is 5.73 Å². The molecule has 0 saturated carbocycles. The third-order valence-electron chi connectivity index (χ3n) is 3.37. The molecule has 0 amide bonds. The molecule has 1 aliphatic carbocycles. The van der Waals surface area contributed by atoms with Crippen LogP contribution in [0, 0.1) is 0 Å². The molecule has 5 heteroatoms. The van der Waals surface area contributed by atoms with Crippen molar-refractivity contribution in [1.82, 2.24) is 9.97 Å². The van der Waals surface area contributed by atoms with Crippen molar-refractivity contribution in [3.8, 4) is 0 Å². The highest BCUT2D eigenvalue weighted by Gasteiger charge is 2.19. The largest absolute Gasteiger partial charge is 0.383 e. The highest BCUT2D eigenvalue weighted by atomic mass is 16.5. The first-order valence-corrected chi connectivity index (χ1v) is 6.63. The summed E-state index contributed by atoms with van der Waals surface area (Å²) in [5.41, 5.74) is 8.22. The van der Waals surface area contributed by atoms with Gasteiger partial charge in [0.2, 0.25) is 0 Å². The van der Waals surface area contributed by atoms with Gasteiger partial charge in [-0.1, -0.05) is 0 Å². The summed E-state index contributed by atoms with van der Waals surface area (Å²) in [5, 5.41) is 0. The molecule has 2 N–H and O–H groups in total. The molecule has 0 spiro atoms. The minimum absolute atomic E-state index is 0.627. The molecule has 1 heterocycles. The zero-order valence-electron chi connectivity index (χ0n) is 11.1. The monoisotopic (exact) mass is 250 g/mol. The van der Waals surface area contributed by atoms with Crippen LogP contribution in [0.25, 0.3) is 0 Å². The highest BCUT2D eigenvalue weighted by Crippen LogP contribution is 2.26. The van der Waals surface area contributed by atoms with Crippen LogP contribution in [-0.4, -0.2) is 43.3 Å². The topological polar surface area (TPSA) is 64.3 Å². The minimum atomic E-state index is 0.627. The molecule has 0 saturated heterocycles. The van der Waals surface area contributed by atoms with Crippen molar-refractivity contribution < 1.29 is 4.74 Å². The van der Waals surface area contributed by atoms with Gasteiger partial charge in [0.25, 0.3) is 0 Å². The van der Waals surface area contributed by atoms with Crippen molar-refractivity contribution in [3.05, 3.63) is 17.6 Å². The Kier molecular flexibility index (Phi) is 4.90. The molecule has 0 radical (unpaired) electrons. The molecule has 2 rings (SSSR count). The lowest BCUT2D eigenvalue weighted by atomic mass is 9.96. The van der Waals surface area contributed by atoms with Crippen LogP contribution < -0.4 is 10.6 Å². The number of fused-ring (bicyclic) bond motifs is 1. The van der Waals surface area contributed by atoms with Gasteiger partial charge in [0.1, 0.15) is 12.1 Å². The summed E-state index contributed by atoms with van der Waals surface area (Å²) >= 11 is 0. The van der Waals surface area contributed by atoms with Crippen molar-refractivity contribution in [3.63, 3.8) is 0 Å². The van der Waals surface area contributed by atoms with E-state index in [1.54, 1.807) is 13.4 Å². The van der Waals surface area contributed by atoms with Gasteiger partial charge in [-0.15, -0.1) is 0 Å². The number of aryl methyl sites for hydroxylation is 1. The number of ether oxygens (including phenoxy) is 1. The van der Waals surface area contributed by atoms with Gasteiger partial charge in [0.05, 0.1) is 6.61 Å². The standard InChI is InChI=1S/C13H22N4O/c1-18-9-8-17(7-6-14)13-11-4-2-3-5-12(11)15-10-16-13/h10H,2-9,14H2,1H3. The zero-order chi connectivity index (χ0) is 12.8. The van der Waals surface area contributed by atoms with E-state index in [-0.39, 0.29) is 0 Å². The van der Waals surface area contributed by atoms with E-state index in [2.05, 4.69) is 14.9 Å². The van der Waals surface area contributed by atoms with Crippen LogP contribution >= 0.6 is 0 Å². The molecule has 100 valence electrons. The Morgan fingerprint density at radius 1 is 1.28 bits per heavy atom. The van der Waals surface area contributed by atoms with E-state index < -0.39 is 0 Å². The summed E-state index contributed by atoms with van der Waals surface area (Å²) in [6, 6.07) is 0. The molecule has 0 fully saturated rings. The average molecular weight is 250 g/mol. The molecule has 0 atom stereocenters. The maximum Gasteiger partial charge on any atom is 0.135 e. The molecule has 0 aromatic carbocycles. The molecule has 1 aromatic heterocycles. The predicted octanol–water partition coefficient (Wildman–Crippen LogP) is 0.767. The summed E-state index contributed by atoms with van der Waals surface area (Å²) in [6.07, 6.45) is 6.30. The Morgan fingerprint density at radius 3 is 2.89 bits per heavy atom. The summed E-state index contributed by atoms with van der Waals surface area (Å²) in [6.45, 7) is 2.96. The van der Waals surface area contributed by atoms with E-state index in [0.717, 1.165) is 31.7 Å². The van der Waals surface area contributed by atoms with E-state index in [1.807, 2.05) is 0 Å². The zero-order valence-corrected chi connectivity index (χ0v) is 11.1. The first-order valence-electron chi connectivity index (χ1n) is 6.63. The Labute approximate surface area is 108 Å². The first-order chi connectivity index (χ1) is 8.86. The number of anilines is 1. The fraction of sp³-hybridized carbons (Fsp3) is 0.692. The predicted molar refractivity (Wildman–Crippen MR) is 71.8 cm³/mol. The lowest BCUT2D eigenvalue weighted by Gasteiger charge is -2.27. The van der Waals surface area contributed by atoms with Crippen LogP contribution in [0.5, 0.6) is 0 Å². The normalized spacial score (nSPS) is 14.3. The van der Waals surface area contributed by atoms with Gasteiger partial charge in [-0.2, -0.15) is 0 Å². The smallest absolute Gasteiger partial charge is 0.135 e. The van der Waals surface area contributed by atoms with E-state index in [0.29, 0.717) is 13.2 Å². The second-order valence-electron chi connectivity index (χ2n) is 4.60. The second kappa shape index (κ2) is 6.66. The Balaban J connectivity index is 2.22. The maximum absolute atomic E-state index is 5.69. The van der Waals surface area contributed by atoms with Crippen LogP contribution in [0.1, 0.15) is 24.1 Å². The SMILES string of the molecule is COCCN(CCN)c1ncnc2c1CCCC2. The number of methoxy groups -OCH3 is 1. The summed E-state index contributed by atoms with van der Waals surface area (Å²) in [5.74, 6) is 1.06. The van der Waals surface area contributed by atoms with E-state index in [1.165, 1.54) is 24.1 Å². The third-order valence-corrected chi connectivity index (χ3v) is 3.37. The van der Waals surface area contributed by atoms with Gasteiger partial charge < -0.3 is 15.4 Å². The van der Waals surface area contributed by atoms with E-state index in [4.69, 9.17) is 10.5 Å². The summed E-state index contributed by atoms with van der Waals surface area (Å²) in [7, 11) is 1.72.